The molecule has 32 heavy (non-hydrogen) atoms. The van der Waals surface area contributed by atoms with Gasteiger partial charge in [-0.25, -0.2) is 0 Å². The molecule has 0 saturated carbocycles. The Hall–Kier alpha value is -4.56. The smallest absolute Gasteiger partial charge is 0.155 e. The van der Waals surface area contributed by atoms with Gasteiger partial charge in [-0.05, 0) is 47.9 Å². The van der Waals surface area contributed by atoms with Crippen molar-refractivity contribution in [3.05, 3.63) is 102 Å². The van der Waals surface area contributed by atoms with E-state index >= 15 is 0 Å². The quantitative estimate of drug-likeness (QED) is 0.230. The summed E-state index contributed by atoms with van der Waals surface area (Å²) in [5.74, 6) is 6.87. The predicted octanol–water partition coefficient (Wildman–Crippen LogP) is 5.38. The van der Waals surface area contributed by atoms with Crippen LogP contribution in [0.3, 0.4) is 0 Å². The lowest BCUT2D eigenvalue weighted by Crippen LogP contribution is -2.04. The highest BCUT2D eigenvalue weighted by Gasteiger charge is 2.09. The van der Waals surface area contributed by atoms with Gasteiger partial charge in [-0.3, -0.25) is 4.98 Å². The first kappa shape index (κ1) is 19.4. The van der Waals surface area contributed by atoms with Crippen LogP contribution in [-0.4, -0.2) is 17.2 Å². The third-order valence-electron chi connectivity index (χ3n) is 5.24. The van der Waals surface area contributed by atoms with E-state index in [1.165, 1.54) is 0 Å². The summed E-state index contributed by atoms with van der Waals surface area (Å²) < 4.78 is 6.16. The molecule has 5 heteroatoms. The maximum absolute atomic E-state index is 9.58. The molecule has 2 aromatic heterocycles. The number of pyridine rings is 1. The molecule has 154 valence electrons. The Morgan fingerprint density at radius 3 is 2.50 bits per heavy atom. The molecule has 2 N–H and O–H groups in total. The number of rotatable bonds is 2. The van der Waals surface area contributed by atoms with Gasteiger partial charge in [0.2, 0.25) is 0 Å². The minimum absolute atomic E-state index is 0.414. The Labute approximate surface area is 184 Å². The fourth-order valence-electron chi connectivity index (χ4n) is 3.57. The van der Waals surface area contributed by atoms with Crippen molar-refractivity contribution in [3.63, 3.8) is 0 Å². The molecule has 0 spiro atoms. The number of anilines is 1. The molecule has 0 atom stereocenters. The second-order valence-corrected chi connectivity index (χ2v) is 7.30. The summed E-state index contributed by atoms with van der Waals surface area (Å²) in [6, 6.07) is 25.1. The molecule has 0 amide bonds. The lowest BCUT2D eigenvalue weighted by Gasteiger charge is -2.05. The summed E-state index contributed by atoms with van der Waals surface area (Å²) in [6.45, 7) is 0. The van der Waals surface area contributed by atoms with Gasteiger partial charge in [0, 0.05) is 46.9 Å². The van der Waals surface area contributed by atoms with Gasteiger partial charge < -0.3 is 14.9 Å². The standard InChI is InChI=1S/C27H19N3O2/c1-28-22-8-4-5-18(13-22)9-10-19-11-12-23-24(30-31)16-27(32-26(23)14-19)25-15-20-6-2-3-7-21(20)17-29-25/h2-8,11-17,28,31H,1H3. The number of hydrogen-bond acceptors (Lipinski definition) is 5. The van der Waals surface area contributed by atoms with E-state index in [4.69, 9.17) is 4.42 Å². The lowest BCUT2D eigenvalue weighted by atomic mass is 10.1. The minimum Gasteiger partial charge on any atom is -0.454 e. The maximum Gasteiger partial charge on any atom is 0.155 e. The molecule has 5 rings (SSSR count). The second-order valence-electron chi connectivity index (χ2n) is 7.30. The van der Waals surface area contributed by atoms with E-state index in [0.717, 1.165) is 27.6 Å². The highest BCUT2D eigenvalue weighted by Crippen LogP contribution is 2.24. The Morgan fingerprint density at radius 1 is 0.875 bits per heavy atom. The fourth-order valence-corrected chi connectivity index (χ4v) is 3.57. The molecule has 0 aliphatic carbocycles. The zero-order valence-corrected chi connectivity index (χ0v) is 17.3. The van der Waals surface area contributed by atoms with E-state index in [-0.39, 0.29) is 0 Å². The van der Waals surface area contributed by atoms with Gasteiger partial charge in [0.15, 0.2) is 5.76 Å². The van der Waals surface area contributed by atoms with E-state index in [1.54, 1.807) is 12.3 Å². The lowest BCUT2D eigenvalue weighted by molar-refractivity contribution is 0.302. The minimum atomic E-state index is 0.414. The molecule has 0 fully saturated rings. The summed E-state index contributed by atoms with van der Waals surface area (Å²) in [5, 5.41) is 19.4. The van der Waals surface area contributed by atoms with E-state index < -0.39 is 0 Å². The van der Waals surface area contributed by atoms with Crippen LogP contribution in [0.4, 0.5) is 5.69 Å². The Balaban J connectivity index is 1.60. The Kier molecular flexibility index (Phi) is 5.03. The SMILES string of the molecule is CNc1cccc(C#Cc2ccc3c(=NO)cc(-c4cc5ccccc5cn4)oc3c2)c1. The van der Waals surface area contributed by atoms with Crippen LogP contribution in [0.2, 0.25) is 0 Å². The van der Waals surface area contributed by atoms with E-state index in [2.05, 4.69) is 27.3 Å². The fraction of sp³-hybridized carbons (Fsp3) is 0.0370. The monoisotopic (exact) mass is 417 g/mol. The van der Waals surface area contributed by atoms with Gasteiger partial charge in [0.05, 0.1) is 0 Å². The van der Waals surface area contributed by atoms with Crippen molar-refractivity contribution >= 4 is 27.4 Å². The number of hydrogen-bond donors (Lipinski definition) is 2. The van der Waals surface area contributed by atoms with Crippen molar-refractivity contribution < 1.29 is 9.62 Å². The number of fused-ring (bicyclic) bond motifs is 2. The summed E-state index contributed by atoms with van der Waals surface area (Å²) >= 11 is 0. The summed E-state index contributed by atoms with van der Waals surface area (Å²) in [5.41, 5.74) is 3.95. The molecule has 3 aromatic carbocycles. The van der Waals surface area contributed by atoms with E-state index in [1.807, 2.05) is 79.8 Å². The highest BCUT2D eigenvalue weighted by atomic mass is 16.4. The summed E-state index contributed by atoms with van der Waals surface area (Å²) in [7, 11) is 1.88. The third kappa shape index (κ3) is 3.78. The first-order chi connectivity index (χ1) is 15.7. The first-order valence-electron chi connectivity index (χ1n) is 10.1. The largest absolute Gasteiger partial charge is 0.454 e. The van der Waals surface area contributed by atoms with Crippen LogP contribution in [0.1, 0.15) is 11.1 Å². The van der Waals surface area contributed by atoms with Crippen LogP contribution in [-0.2, 0) is 0 Å². The molecule has 5 aromatic rings. The molecular formula is C27H19N3O2. The van der Waals surface area contributed by atoms with Gasteiger partial charge in [0.25, 0.3) is 0 Å². The second kappa shape index (κ2) is 8.29. The van der Waals surface area contributed by atoms with Crippen molar-refractivity contribution in [1.82, 2.24) is 4.98 Å². The van der Waals surface area contributed by atoms with Crippen molar-refractivity contribution in [2.45, 2.75) is 0 Å². The van der Waals surface area contributed by atoms with Crippen LogP contribution < -0.4 is 10.7 Å². The van der Waals surface area contributed by atoms with Crippen LogP contribution >= 0.6 is 0 Å². The molecule has 5 nitrogen and oxygen atoms in total. The molecule has 0 radical (unpaired) electrons. The van der Waals surface area contributed by atoms with Gasteiger partial charge in [0.1, 0.15) is 16.6 Å². The van der Waals surface area contributed by atoms with Gasteiger partial charge >= 0.3 is 0 Å². The molecule has 0 aliphatic heterocycles. The van der Waals surface area contributed by atoms with Crippen LogP contribution in [0.25, 0.3) is 33.2 Å². The van der Waals surface area contributed by atoms with Gasteiger partial charge in [-0.1, -0.05) is 47.3 Å². The van der Waals surface area contributed by atoms with Crippen LogP contribution in [0.5, 0.6) is 0 Å². The molecular weight excluding hydrogens is 398 g/mol. The number of nitrogens with zero attached hydrogens (tertiary/aromatic N) is 2. The average Bonchev–Trinajstić information content (AvgIpc) is 2.86. The van der Waals surface area contributed by atoms with E-state index in [0.29, 0.717) is 27.8 Å². The number of nitrogens with one attached hydrogen (secondary N) is 1. The maximum atomic E-state index is 9.58. The van der Waals surface area contributed by atoms with Gasteiger partial charge in [-0.15, -0.1) is 0 Å². The zero-order valence-electron chi connectivity index (χ0n) is 17.3. The Bertz CT molecular complexity index is 1590. The third-order valence-corrected chi connectivity index (χ3v) is 5.24. The van der Waals surface area contributed by atoms with Crippen LogP contribution in [0.15, 0.2) is 94.6 Å². The molecule has 0 bridgehead atoms. The zero-order chi connectivity index (χ0) is 21.9. The number of aromatic nitrogens is 1. The van der Waals surface area contributed by atoms with Crippen molar-refractivity contribution in [1.29, 1.82) is 0 Å². The topological polar surface area (TPSA) is 70.7 Å². The summed E-state index contributed by atoms with van der Waals surface area (Å²) in [4.78, 5) is 4.52. The number of benzene rings is 3. The molecule has 0 aliphatic rings. The van der Waals surface area contributed by atoms with Gasteiger partial charge in [-0.2, -0.15) is 0 Å². The molecule has 0 saturated heterocycles. The summed E-state index contributed by atoms with van der Waals surface area (Å²) in [6.07, 6.45) is 1.81. The normalized spacial score (nSPS) is 11.3. The average molecular weight is 417 g/mol. The predicted molar refractivity (Wildman–Crippen MR) is 126 cm³/mol. The molecule has 0 unspecified atom stereocenters. The van der Waals surface area contributed by atoms with Crippen molar-refractivity contribution in [2.75, 3.05) is 12.4 Å². The van der Waals surface area contributed by atoms with Crippen molar-refractivity contribution in [2.24, 2.45) is 5.16 Å². The highest BCUT2D eigenvalue weighted by molar-refractivity contribution is 5.85. The van der Waals surface area contributed by atoms with Crippen LogP contribution in [0, 0.1) is 11.8 Å². The molecule has 2 heterocycles. The van der Waals surface area contributed by atoms with Crippen molar-refractivity contribution in [3.8, 4) is 23.3 Å². The first-order valence-corrected chi connectivity index (χ1v) is 10.1. The Morgan fingerprint density at radius 2 is 1.69 bits per heavy atom. The van der Waals surface area contributed by atoms with E-state index in [9.17, 15) is 5.21 Å².